The Kier molecular flexibility index (Phi) is 2.46. The van der Waals surface area contributed by atoms with Crippen LogP contribution in [0.1, 0.15) is 17.3 Å². The van der Waals surface area contributed by atoms with Crippen LogP contribution < -0.4 is 5.32 Å². The predicted molar refractivity (Wildman–Crippen MR) is 74.3 cm³/mol. The van der Waals surface area contributed by atoms with Crippen LogP contribution in [0.25, 0.3) is 5.70 Å². The molecule has 1 unspecified atom stereocenters. The Hall–Kier alpha value is -3.16. The van der Waals surface area contributed by atoms with Crippen molar-refractivity contribution < 1.29 is 5.11 Å². The summed E-state index contributed by atoms with van der Waals surface area (Å²) in [4.78, 5) is 7.12. The number of phenols is 1. The van der Waals surface area contributed by atoms with Gasteiger partial charge in [0.05, 0.1) is 18.2 Å². The van der Waals surface area contributed by atoms with Crippen LogP contribution in [-0.4, -0.2) is 35.3 Å². The lowest BCUT2D eigenvalue weighted by molar-refractivity contribution is 0.475. The Morgan fingerprint density at radius 2 is 2.05 bits per heavy atom. The molecule has 0 radical (unpaired) electrons. The Balaban J connectivity index is 1.80. The van der Waals surface area contributed by atoms with Crippen LogP contribution in [-0.2, 0) is 0 Å². The maximum absolute atomic E-state index is 9.39. The van der Waals surface area contributed by atoms with E-state index in [1.165, 1.54) is 0 Å². The third-order valence-corrected chi connectivity index (χ3v) is 3.34. The van der Waals surface area contributed by atoms with E-state index >= 15 is 0 Å². The molecule has 0 bridgehead atoms. The fourth-order valence-corrected chi connectivity index (χ4v) is 2.31. The summed E-state index contributed by atoms with van der Waals surface area (Å²) in [6.45, 7) is 0. The van der Waals surface area contributed by atoms with Crippen molar-refractivity contribution in [1.29, 1.82) is 0 Å². The first-order chi connectivity index (χ1) is 10.3. The van der Waals surface area contributed by atoms with Crippen molar-refractivity contribution in [1.82, 2.24) is 30.2 Å². The second-order valence-corrected chi connectivity index (χ2v) is 4.65. The number of aromatic hydroxyl groups is 1. The number of fused-ring (bicyclic) bond motifs is 1. The summed E-state index contributed by atoms with van der Waals surface area (Å²) >= 11 is 0. The molecule has 8 nitrogen and oxygen atoms in total. The molecule has 2 aromatic heterocycles. The quantitative estimate of drug-likeness (QED) is 0.651. The average molecular weight is 281 g/mol. The number of imidazole rings is 1. The van der Waals surface area contributed by atoms with E-state index in [0.29, 0.717) is 5.95 Å². The van der Waals surface area contributed by atoms with E-state index in [0.717, 1.165) is 17.0 Å². The summed E-state index contributed by atoms with van der Waals surface area (Å²) in [6.07, 6.45) is 5.37. The lowest BCUT2D eigenvalue weighted by Gasteiger charge is -2.22. The van der Waals surface area contributed by atoms with Crippen LogP contribution in [0.15, 0.2) is 42.9 Å². The number of H-pyrrole nitrogens is 1. The van der Waals surface area contributed by atoms with Crippen LogP contribution in [0.3, 0.4) is 0 Å². The highest BCUT2D eigenvalue weighted by Gasteiger charge is 2.25. The number of tetrazole rings is 1. The SMILES string of the molecule is Oc1ccc(C2=CC(c3cnc[nH]3)n3nnnc3N2)cc1. The Morgan fingerprint density at radius 1 is 1.19 bits per heavy atom. The number of aromatic amines is 1. The van der Waals surface area contributed by atoms with Gasteiger partial charge >= 0.3 is 0 Å². The lowest BCUT2D eigenvalue weighted by Crippen LogP contribution is -2.20. The van der Waals surface area contributed by atoms with Crippen LogP contribution in [0.4, 0.5) is 5.95 Å². The van der Waals surface area contributed by atoms with E-state index in [1.807, 2.05) is 18.2 Å². The molecule has 3 aromatic rings. The predicted octanol–water partition coefficient (Wildman–Crippen LogP) is 1.16. The first-order valence-corrected chi connectivity index (χ1v) is 6.35. The van der Waals surface area contributed by atoms with Crippen molar-refractivity contribution in [2.45, 2.75) is 6.04 Å². The monoisotopic (exact) mass is 281 g/mol. The second kappa shape index (κ2) is 4.44. The third-order valence-electron chi connectivity index (χ3n) is 3.34. The molecule has 104 valence electrons. The number of anilines is 1. The van der Waals surface area contributed by atoms with Crippen LogP contribution in [0, 0.1) is 0 Å². The Morgan fingerprint density at radius 3 is 2.81 bits per heavy atom. The number of hydrogen-bond donors (Lipinski definition) is 3. The van der Waals surface area contributed by atoms with Gasteiger partial charge in [-0.3, -0.25) is 0 Å². The molecule has 4 rings (SSSR count). The van der Waals surface area contributed by atoms with E-state index in [2.05, 4.69) is 30.8 Å². The van der Waals surface area contributed by atoms with E-state index in [9.17, 15) is 5.11 Å². The van der Waals surface area contributed by atoms with Gasteiger partial charge in [-0.2, -0.15) is 4.68 Å². The van der Waals surface area contributed by atoms with Gasteiger partial charge in [-0.15, -0.1) is 0 Å². The summed E-state index contributed by atoms with van der Waals surface area (Å²) < 4.78 is 1.68. The molecule has 1 aliphatic heterocycles. The van der Waals surface area contributed by atoms with Gasteiger partial charge in [-0.1, -0.05) is 5.10 Å². The van der Waals surface area contributed by atoms with Crippen molar-refractivity contribution in [3.8, 4) is 5.75 Å². The summed E-state index contributed by atoms with van der Waals surface area (Å²) in [5.74, 6) is 0.783. The Bertz CT molecular complexity index is 788. The summed E-state index contributed by atoms with van der Waals surface area (Å²) in [6, 6.07) is 6.78. The molecule has 0 fully saturated rings. The van der Waals surface area contributed by atoms with Crippen molar-refractivity contribution in [2.24, 2.45) is 0 Å². The molecular weight excluding hydrogens is 270 g/mol. The third kappa shape index (κ3) is 1.93. The zero-order valence-corrected chi connectivity index (χ0v) is 10.8. The summed E-state index contributed by atoms with van der Waals surface area (Å²) in [5, 5.41) is 24.2. The molecule has 3 N–H and O–H groups in total. The molecule has 0 saturated heterocycles. The fourth-order valence-electron chi connectivity index (χ4n) is 2.31. The second-order valence-electron chi connectivity index (χ2n) is 4.65. The molecule has 0 aliphatic carbocycles. The summed E-state index contributed by atoms with van der Waals surface area (Å²) in [7, 11) is 0. The molecule has 1 aliphatic rings. The number of phenolic OH excluding ortho intramolecular Hbond substituents is 1. The maximum atomic E-state index is 9.39. The first-order valence-electron chi connectivity index (χ1n) is 6.35. The van der Waals surface area contributed by atoms with Gasteiger partial charge in [0.1, 0.15) is 11.8 Å². The van der Waals surface area contributed by atoms with E-state index in [-0.39, 0.29) is 11.8 Å². The zero-order valence-electron chi connectivity index (χ0n) is 10.8. The van der Waals surface area contributed by atoms with Crippen LogP contribution >= 0.6 is 0 Å². The molecular formula is C13H11N7O. The fraction of sp³-hybridized carbons (Fsp3) is 0.0769. The Labute approximate surface area is 119 Å². The number of aromatic nitrogens is 6. The molecule has 0 saturated carbocycles. The van der Waals surface area contributed by atoms with E-state index in [1.54, 1.807) is 29.3 Å². The highest BCUT2D eigenvalue weighted by atomic mass is 16.3. The molecule has 21 heavy (non-hydrogen) atoms. The van der Waals surface area contributed by atoms with Gasteiger partial charge in [-0.05, 0) is 46.3 Å². The minimum absolute atomic E-state index is 0.164. The number of benzene rings is 1. The molecule has 8 heteroatoms. The highest BCUT2D eigenvalue weighted by molar-refractivity contribution is 5.77. The molecule has 1 aromatic carbocycles. The molecule has 3 heterocycles. The van der Waals surface area contributed by atoms with Gasteiger partial charge in [0.2, 0.25) is 5.95 Å². The van der Waals surface area contributed by atoms with Gasteiger partial charge in [-0.25, -0.2) is 4.98 Å². The standard InChI is InChI=1S/C13H11N7O/c21-9-3-1-8(2-4-9)10-5-12(11-6-14-7-15-11)20-13(16-10)17-18-19-20/h1-7,12,21H,(H,14,15)(H,16,17,19). The summed E-state index contributed by atoms with van der Waals surface area (Å²) in [5.41, 5.74) is 2.70. The van der Waals surface area contributed by atoms with Crippen LogP contribution in [0.5, 0.6) is 5.75 Å². The van der Waals surface area contributed by atoms with Gasteiger partial charge < -0.3 is 15.4 Å². The van der Waals surface area contributed by atoms with Gasteiger partial charge in [0.25, 0.3) is 0 Å². The van der Waals surface area contributed by atoms with Crippen molar-refractivity contribution in [2.75, 3.05) is 5.32 Å². The minimum atomic E-state index is -0.164. The highest BCUT2D eigenvalue weighted by Crippen LogP contribution is 2.30. The lowest BCUT2D eigenvalue weighted by atomic mass is 10.1. The average Bonchev–Trinajstić information content (AvgIpc) is 3.18. The normalized spacial score (nSPS) is 17.0. The topological polar surface area (TPSA) is 105 Å². The van der Waals surface area contributed by atoms with E-state index < -0.39 is 0 Å². The van der Waals surface area contributed by atoms with Crippen molar-refractivity contribution in [3.63, 3.8) is 0 Å². The number of hydrogen-bond acceptors (Lipinski definition) is 6. The number of rotatable bonds is 2. The van der Waals surface area contributed by atoms with Crippen molar-refractivity contribution >= 4 is 11.6 Å². The smallest absolute Gasteiger partial charge is 0.248 e. The van der Waals surface area contributed by atoms with Crippen molar-refractivity contribution in [3.05, 3.63) is 54.1 Å². The van der Waals surface area contributed by atoms with Gasteiger partial charge in [0.15, 0.2) is 0 Å². The minimum Gasteiger partial charge on any atom is -0.508 e. The first kappa shape index (κ1) is 11.6. The molecule has 1 atom stereocenters. The maximum Gasteiger partial charge on any atom is 0.248 e. The zero-order chi connectivity index (χ0) is 14.2. The number of nitrogens with one attached hydrogen (secondary N) is 2. The molecule has 0 spiro atoms. The van der Waals surface area contributed by atoms with Crippen LogP contribution in [0.2, 0.25) is 0 Å². The van der Waals surface area contributed by atoms with Gasteiger partial charge in [0, 0.05) is 5.70 Å². The number of allylic oxidation sites excluding steroid dienone is 1. The number of nitrogens with zero attached hydrogens (tertiary/aromatic N) is 5. The largest absolute Gasteiger partial charge is 0.508 e. The molecule has 0 amide bonds. The van der Waals surface area contributed by atoms with E-state index in [4.69, 9.17) is 0 Å².